The van der Waals surface area contributed by atoms with Crippen molar-refractivity contribution in [1.82, 2.24) is 4.98 Å². The topological polar surface area (TPSA) is 93.6 Å². The van der Waals surface area contributed by atoms with Gasteiger partial charge in [0.15, 0.2) is 0 Å². The number of nitrogens with zero attached hydrogens (tertiary/aromatic N) is 1. The zero-order valence-electron chi connectivity index (χ0n) is 9.15. The smallest absolute Gasteiger partial charge is 0.371 e. The van der Waals surface area contributed by atoms with E-state index in [0.717, 1.165) is 18.2 Å². The van der Waals surface area contributed by atoms with Gasteiger partial charge in [0.2, 0.25) is 5.76 Å². The first-order valence-corrected chi connectivity index (χ1v) is 4.83. The Hall–Kier alpha value is -2.76. The van der Waals surface area contributed by atoms with Crippen LogP contribution < -0.4 is 0 Å². The van der Waals surface area contributed by atoms with E-state index in [1.165, 1.54) is 12.3 Å². The fraction of sp³-hybridized carbons (Fsp3) is 0. The standard InChI is InChI=1S/C12H9NO5/c14-8-4-2-6-10(11(15)16)18-12(17)9-5-1-3-7-13-9/h1-8H,(H,15,16)/b4-2+,10-6-. The van der Waals surface area contributed by atoms with Crippen molar-refractivity contribution in [2.24, 2.45) is 0 Å². The van der Waals surface area contributed by atoms with Crippen LogP contribution in [0.3, 0.4) is 0 Å². The van der Waals surface area contributed by atoms with Crippen LogP contribution in [-0.4, -0.2) is 28.3 Å². The number of carboxylic acid groups (broad SMARTS) is 1. The van der Waals surface area contributed by atoms with Crippen molar-refractivity contribution < 1.29 is 24.2 Å². The molecule has 6 nitrogen and oxygen atoms in total. The van der Waals surface area contributed by atoms with Gasteiger partial charge >= 0.3 is 11.9 Å². The predicted molar refractivity (Wildman–Crippen MR) is 60.6 cm³/mol. The Labute approximate surface area is 102 Å². The van der Waals surface area contributed by atoms with Crippen molar-refractivity contribution in [2.45, 2.75) is 0 Å². The molecule has 18 heavy (non-hydrogen) atoms. The van der Waals surface area contributed by atoms with Gasteiger partial charge in [-0.3, -0.25) is 4.79 Å². The van der Waals surface area contributed by atoms with Crippen LogP contribution >= 0.6 is 0 Å². The van der Waals surface area contributed by atoms with E-state index in [1.807, 2.05) is 0 Å². The molecular weight excluding hydrogens is 238 g/mol. The van der Waals surface area contributed by atoms with Gasteiger partial charge in [0, 0.05) is 6.20 Å². The van der Waals surface area contributed by atoms with Crippen LogP contribution in [0.15, 0.2) is 48.4 Å². The quantitative estimate of drug-likeness (QED) is 0.274. The molecule has 0 unspecified atom stereocenters. The Morgan fingerprint density at radius 1 is 1.28 bits per heavy atom. The summed E-state index contributed by atoms with van der Waals surface area (Å²) in [5, 5.41) is 8.78. The molecule has 0 fully saturated rings. The number of aliphatic carboxylic acids is 1. The van der Waals surface area contributed by atoms with Gasteiger partial charge in [-0.2, -0.15) is 0 Å². The summed E-state index contributed by atoms with van der Waals surface area (Å²) in [6, 6.07) is 4.57. The minimum absolute atomic E-state index is 0.0102. The van der Waals surface area contributed by atoms with E-state index in [-0.39, 0.29) is 5.69 Å². The van der Waals surface area contributed by atoms with Crippen molar-refractivity contribution in [3.05, 3.63) is 54.1 Å². The summed E-state index contributed by atoms with van der Waals surface area (Å²) >= 11 is 0. The van der Waals surface area contributed by atoms with Crippen LogP contribution in [-0.2, 0) is 14.3 Å². The van der Waals surface area contributed by atoms with Gasteiger partial charge in [-0.05, 0) is 24.3 Å². The second-order valence-corrected chi connectivity index (χ2v) is 2.96. The van der Waals surface area contributed by atoms with Crippen molar-refractivity contribution in [1.29, 1.82) is 0 Å². The summed E-state index contributed by atoms with van der Waals surface area (Å²) in [5.41, 5.74) is -0.0102. The van der Waals surface area contributed by atoms with Gasteiger partial charge in [0.25, 0.3) is 0 Å². The number of rotatable bonds is 5. The predicted octanol–water partition coefficient (Wildman–Crippen LogP) is 0.962. The Morgan fingerprint density at radius 2 is 2.06 bits per heavy atom. The molecular formula is C12H9NO5. The molecule has 0 aliphatic carbocycles. The molecule has 1 aromatic rings. The van der Waals surface area contributed by atoms with Crippen molar-refractivity contribution in [3.63, 3.8) is 0 Å². The maximum absolute atomic E-state index is 11.5. The van der Waals surface area contributed by atoms with E-state index in [4.69, 9.17) is 5.11 Å². The number of carboxylic acids is 1. The molecule has 0 amide bonds. The third-order valence-corrected chi connectivity index (χ3v) is 1.72. The largest absolute Gasteiger partial charge is 0.475 e. The number of carbonyl (C=O) groups excluding carboxylic acids is 2. The number of carbonyl (C=O) groups is 3. The minimum atomic E-state index is -1.42. The maximum atomic E-state index is 11.5. The normalized spacial score (nSPS) is 11.2. The molecule has 1 rings (SSSR count). The summed E-state index contributed by atoms with van der Waals surface area (Å²) in [4.78, 5) is 36.0. The molecule has 0 aromatic carbocycles. The first-order chi connectivity index (χ1) is 8.65. The number of pyridine rings is 1. The van der Waals surface area contributed by atoms with Gasteiger partial charge in [0.05, 0.1) is 0 Å². The molecule has 0 aliphatic heterocycles. The SMILES string of the molecule is O=C/C=C/C=C(\OC(=O)c1ccccn1)C(=O)O. The summed E-state index contributed by atoms with van der Waals surface area (Å²) in [6.07, 6.45) is 5.07. The molecule has 0 saturated carbocycles. The molecule has 0 radical (unpaired) electrons. The summed E-state index contributed by atoms with van der Waals surface area (Å²) in [5.74, 6) is -2.90. The minimum Gasteiger partial charge on any atom is -0.475 e. The number of esters is 1. The zero-order chi connectivity index (χ0) is 13.4. The van der Waals surface area contributed by atoms with Gasteiger partial charge in [-0.1, -0.05) is 12.1 Å². The van der Waals surface area contributed by atoms with Crippen LogP contribution in [0.1, 0.15) is 10.5 Å². The summed E-state index contributed by atoms with van der Waals surface area (Å²) in [7, 11) is 0. The first-order valence-electron chi connectivity index (χ1n) is 4.83. The first kappa shape index (κ1) is 13.3. The highest BCUT2D eigenvalue weighted by Crippen LogP contribution is 2.04. The molecule has 1 heterocycles. The average Bonchev–Trinajstić information content (AvgIpc) is 2.38. The van der Waals surface area contributed by atoms with E-state index in [1.54, 1.807) is 12.1 Å². The number of allylic oxidation sites excluding steroid dienone is 3. The number of hydrogen-bond acceptors (Lipinski definition) is 5. The molecule has 0 spiro atoms. The summed E-state index contributed by atoms with van der Waals surface area (Å²) < 4.78 is 4.64. The van der Waals surface area contributed by atoms with Gasteiger partial charge < -0.3 is 9.84 Å². The Kier molecular flexibility index (Phi) is 4.98. The van der Waals surface area contributed by atoms with Gasteiger partial charge in [-0.15, -0.1) is 0 Å². The molecule has 1 aromatic heterocycles. The molecule has 1 N–H and O–H groups in total. The molecule has 0 aliphatic rings. The number of aldehydes is 1. The van der Waals surface area contributed by atoms with Crippen molar-refractivity contribution >= 4 is 18.2 Å². The monoisotopic (exact) mass is 247 g/mol. The lowest BCUT2D eigenvalue weighted by Crippen LogP contribution is -2.12. The Bertz CT molecular complexity index is 504. The van der Waals surface area contributed by atoms with E-state index in [0.29, 0.717) is 6.29 Å². The second kappa shape index (κ2) is 6.74. The number of hydrogen-bond donors (Lipinski definition) is 1. The lowest BCUT2D eigenvalue weighted by atomic mass is 10.3. The Balaban J connectivity index is 2.82. The van der Waals surface area contributed by atoms with Crippen molar-refractivity contribution in [3.8, 4) is 0 Å². The van der Waals surface area contributed by atoms with E-state index in [2.05, 4.69) is 9.72 Å². The fourth-order valence-electron chi connectivity index (χ4n) is 0.973. The highest BCUT2D eigenvalue weighted by molar-refractivity contribution is 5.93. The van der Waals surface area contributed by atoms with E-state index >= 15 is 0 Å². The lowest BCUT2D eigenvalue weighted by molar-refractivity contribution is -0.135. The van der Waals surface area contributed by atoms with Crippen LogP contribution in [0.2, 0.25) is 0 Å². The second-order valence-electron chi connectivity index (χ2n) is 2.96. The number of aromatic nitrogens is 1. The van der Waals surface area contributed by atoms with E-state index in [9.17, 15) is 14.4 Å². The molecule has 0 bridgehead atoms. The molecule has 0 atom stereocenters. The van der Waals surface area contributed by atoms with E-state index < -0.39 is 17.7 Å². The highest BCUT2D eigenvalue weighted by Gasteiger charge is 2.15. The van der Waals surface area contributed by atoms with Gasteiger partial charge in [-0.25, -0.2) is 14.6 Å². The fourth-order valence-corrected chi connectivity index (χ4v) is 0.973. The summed E-state index contributed by atoms with van der Waals surface area (Å²) in [6.45, 7) is 0. The number of ether oxygens (including phenoxy) is 1. The van der Waals surface area contributed by atoms with Crippen LogP contribution in [0.5, 0.6) is 0 Å². The van der Waals surface area contributed by atoms with Crippen molar-refractivity contribution in [2.75, 3.05) is 0 Å². The Morgan fingerprint density at radius 3 is 2.61 bits per heavy atom. The highest BCUT2D eigenvalue weighted by atomic mass is 16.6. The van der Waals surface area contributed by atoms with Crippen LogP contribution in [0, 0.1) is 0 Å². The molecule has 92 valence electrons. The third kappa shape index (κ3) is 4.01. The molecule has 0 saturated heterocycles. The average molecular weight is 247 g/mol. The lowest BCUT2D eigenvalue weighted by Gasteiger charge is -2.02. The van der Waals surface area contributed by atoms with Crippen LogP contribution in [0.4, 0.5) is 0 Å². The maximum Gasteiger partial charge on any atom is 0.371 e. The zero-order valence-corrected chi connectivity index (χ0v) is 9.15. The van der Waals surface area contributed by atoms with Gasteiger partial charge in [0.1, 0.15) is 12.0 Å². The third-order valence-electron chi connectivity index (χ3n) is 1.72. The van der Waals surface area contributed by atoms with Crippen LogP contribution in [0.25, 0.3) is 0 Å². The molecule has 6 heteroatoms.